The number of benzene rings is 3. The van der Waals surface area contributed by atoms with E-state index in [0.29, 0.717) is 11.3 Å². The first-order valence-electron chi connectivity index (χ1n) is 13.2. The lowest BCUT2D eigenvalue weighted by Gasteiger charge is -2.26. The average molecular weight is 471 g/mol. The molecule has 0 saturated carbocycles. The van der Waals surface area contributed by atoms with Crippen molar-refractivity contribution >= 4 is 16.7 Å². The molecule has 3 nitrogen and oxygen atoms in total. The summed E-state index contributed by atoms with van der Waals surface area (Å²) in [5.41, 5.74) is 4.12. The van der Waals surface area contributed by atoms with Gasteiger partial charge in [0.2, 0.25) is 0 Å². The van der Waals surface area contributed by atoms with Crippen LogP contribution in [0.4, 0.5) is 0 Å². The molecule has 0 spiro atoms. The summed E-state index contributed by atoms with van der Waals surface area (Å²) in [6, 6.07) is 18.1. The number of ether oxygens (including phenoxy) is 2. The molecular formula is C32H38O3. The topological polar surface area (TPSA) is 35.5 Å². The van der Waals surface area contributed by atoms with Gasteiger partial charge in [-0.15, -0.1) is 0 Å². The van der Waals surface area contributed by atoms with Crippen molar-refractivity contribution in [3.05, 3.63) is 82.9 Å². The van der Waals surface area contributed by atoms with E-state index in [1.54, 1.807) is 0 Å². The average Bonchev–Trinajstić information content (AvgIpc) is 2.83. The van der Waals surface area contributed by atoms with Gasteiger partial charge in [0.1, 0.15) is 11.5 Å². The Labute approximate surface area is 210 Å². The molecule has 1 unspecified atom stereocenters. The molecule has 184 valence electrons. The number of hydrogen-bond acceptors (Lipinski definition) is 3. The highest BCUT2D eigenvalue weighted by Crippen LogP contribution is 2.43. The number of fused-ring (bicyclic) bond motifs is 1. The SMILES string of the molecule is CCCCCc1cc(OC(=O)c2ccc3ccccc3c2)c(C2C=C(C)CCC2)c(OC(C)C)c1. The van der Waals surface area contributed by atoms with Gasteiger partial charge in [0.05, 0.1) is 11.7 Å². The highest BCUT2D eigenvalue weighted by atomic mass is 16.5. The van der Waals surface area contributed by atoms with Gasteiger partial charge in [-0.25, -0.2) is 4.79 Å². The maximum Gasteiger partial charge on any atom is 0.343 e. The van der Waals surface area contributed by atoms with E-state index < -0.39 is 0 Å². The zero-order chi connectivity index (χ0) is 24.8. The summed E-state index contributed by atoms with van der Waals surface area (Å²) in [5.74, 6) is 1.35. The normalized spacial score (nSPS) is 15.8. The van der Waals surface area contributed by atoms with Gasteiger partial charge < -0.3 is 9.47 Å². The second kappa shape index (κ2) is 11.6. The third kappa shape index (κ3) is 6.33. The number of rotatable bonds is 9. The molecule has 3 aromatic rings. The molecule has 4 rings (SSSR count). The molecule has 0 saturated heterocycles. The van der Waals surface area contributed by atoms with Crippen LogP contribution in [-0.2, 0) is 6.42 Å². The molecule has 3 heteroatoms. The molecule has 0 radical (unpaired) electrons. The molecule has 0 fully saturated rings. The van der Waals surface area contributed by atoms with Crippen molar-refractivity contribution in [3.8, 4) is 11.5 Å². The van der Waals surface area contributed by atoms with Gasteiger partial charge >= 0.3 is 5.97 Å². The third-order valence-electron chi connectivity index (χ3n) is 6.73. The minimum atomic E-state index is -0.324. The minimum absolute atomic E-state index is 0.0392. The highest BCUT2D eigenvalue weighted by Gasteiger charge is 2.25. The monoisotopic (exact) mass is 470 g/mol. The molecule has 1 atom stereocenters. The summed E-state index contributed by atoms with van der Waals surface area (Å²) in [6.45, 7) is 8.51. The van der Waals surface area contributed by atoms with Gasteiger partial charge in [0, 0.05) is 11.5 Å². The largest absolute Gasteiger partial charge is 0.491 e. The Kier molecular flexibility index (Phi) is 8.28. The van der Waals surface area contributed by atoms with Crippen molar-refractivity contribution in [1.82, 2.24) is 0 Å². The first-order valence-corrected chi connectivity index (χ1v) is 13.2. The van der Waals surface area contributed by atoms with Gasteiger partial charge in [0.15, 0.2) is 0 Å². The van der Waals surface area contributed by atoms with Crippen LogP contribution in [-0.4, -0.2) is 12.1 Å². The predicted molar refractivity (Wildman–Crippen MR) is 145 cm³/mol. The van der Waals surface area contributed by atoms with Crippen LogP contribution in [0.15, 0.2) is 66.2 Å². The van der Waals surface area contributed by atoms with Crippen LogP contribution in [0.2, 0.25) is 0 Å². The van der Waals surface area contributed by atoms with E-state index in [0.717, 1.165) is 59.8 Å². The fourth-order valence-electron chi connectivity index (χ4n) is 4.99. The van der Waals surface area contributed by atoms with E-state index in [-0.39, 0.29) is 18.0 Å². The second-order valence-corrected chi connectivity index (χ2v) is 10.1. The minimum Gasteiger partial charge on any atom is -0.491 e. The Balaban J connectivity index is 1.75. The molecular weight excluding hydrogens is 432 g/mol. The number of hydrogen-bond donors (Lipinski definition) is 0. The number of carbonyl (C=O) groups is 1. The van der Waals surface area contributed by atoms with Crippen molar-refractivity contribution in [2.75, 3.05) is 0 Å². The number of allylic oxidation sites excluding steroid dienone is 2. The van der Waals surface area contributed by atoms with E-state index in [1.807, 2.05) is 36.4 Å². The summed E-state index contributed by atoms with van der Waals surface area (Å²) in [6.07, 6.45) is 10.1. The lowest BCUT2D eigenvalue weighted by molar-refractivity contribution is 0.0732. The fourth-order valence-corrected chi connectivity index (χ4v) is 4.99. The van der Waals surface area contributed by atoms with Gasteiger partial charge in [-0.3, -0.25) is 0 Å². The maximum atomic E-state index is 13.4. The van der Waals surface area contributed by atoms with Crippen LogP contribution in [0.3, 0.4) is 0 Å². The van der Waals surface area contributed by atoms with E-state index in [2.05, 4.69) is 52.0 Å². The zero-order valence-corrected chi connectivity index (χ0v) is 21.6. The summed E-state index contributed by atoms with van der Waals surface area (Å²) < 4.78 is 12.5. The molecule has 0 heterocycles. The van der Waals surface area contributed by atoms with Gasteiger partial charge in [-0.2, -0.15) is 0 Å². The molecule has 35 heavy (non-hydrogen) atoms. The van der Waals surface area contributed by atoms with Crippen molar-refractivity contribution in [2.24, 2.45) is 0 Å². The Bertz CT molecular complexity index is 1200. The van der Waals surface area contributed by atoms with Crippen LogP contribution in [0.25, 0.3) is 10.8 Å². The number of aryl methyl sites for hydroxylation is 1. The lowest BCUT2D eigenvalue weighted by Crippen LogP contribution is -2.15. The van der Waals surface area contributed by atoms with Crippen molar-refractivity contribution < 1.29 is 14.3 Å². The number of unbranched alkanes of at least 4 members (excludes halogenated alkanes) is 2. The Morgan fingerprint density at radius 2 is 1.77 bits per heavy atom. The quantitative estimate of drug-likeness (QED) is 0.136. The summed E-state index contributed by atoms with van der Waals surface area (Å²) in [7, 11) is 0. The van der Waals surface area contributed by atoms with Crippen LogP contribution >= 0.6 is 0 Å². The summed E-state index contributed by atoms with van der Waals surface area (Å²) in [4.78, 5) is 13.4. The Morgan fingerprint density at radius 1 is 1.00 bits per heavy atom. The van der Waals surface area contributed by atoms with Crippen LogP contribution in [0.5, 0.6) is 11.5 Å². The predicted octanol–water partition coefficient (Wildman–Crippen LogP) is 8.79. The fraction of sp³-hybridized carbons (Fsp3) is 0.406. The van der Waals surface area contributed by atoms with Crippen molar-refractivity contribution in [1.29, 1.82) is 0 Å². The summed E-state index contributed by atoms with van der Waals surface area (Å²) >= 11 is 0. The molecule has 1 aliphatic rings. The highest BCUT2D eigenvalue weighted by molar-refractivity contribution is 5.96. The van der Waals surface area contributed by atoms with E-state index in [9.17, 15) is 4.79 Å². The molecule has 3 aromatic carbocycles. The molecule has 0 bridgehead atoms. The third-order valence-corrected chi connectivity index (χ3v) is 6.73. The Morgan fingerprint density at radius 3 is 2.51 bits per heavy atom. The van der Waals surface area contributed by atoms with Crippen LogP contribution < -0.4 is 9.47 Å². The first kappa shape index (κ1) is 25.0. The van der Waals surface area contributed by atoms with E-state index in [4.69, 9.17) is 9.47 Å². The number of carbonyl (C=O) groups excluding carboxylic acids is 1. The molecule has 0 amide bonds. The standard InChI is InChI=1S/C32H38O3/c1-5-6-7-12-24-19-29(34-22(2)3)31(27-15-10-11-23(4)18-27)30(20-24)35-32(33)28-17-16-25-13-8-9-14-26(25)21-28/h8-9,13-14,16-22,27H,5-7,10-12,15H2,1-4H3. The molecule has 1 aliphatic carbocycles. The first-order chi connectivity index (χ1) is 16.9. The van der Waals surface area contributed by atoms with Crippen LogP contribution in [0.1, 0.15) is 93.6 Å². The van der Waals surface area contributed by atoms with E-state index in [1.165, 1.54) is 18.4 Å². The van der Waals surface area contributed by atoms with Crippen molar-refractivity contribution in [3.63, 3.8) is 0 Å². The molecule has 0 aromatic heterocycles. The van der Waals surface area contributed by atoms with Gasteiger partial charge in [-0.1, -0.05) is 61.7 Å². The lowest BCUT2D eigenvalue weighted by atomic mass is 9.84. The second-order valence-electron chi connectivity index (χ2n) is 10.1. The van der Waals surface area contributed by atoms with Crippen molar-refractivity contribution in [2.45, 2.75) is 84.7 Å². The van der Waals surface area contributed by atoms with Crippen LogP contribution in [0, 0.1) is 0 Å². The van der Waals surface area contributed by atoms with E-state index >= 15 is 0 Å². The van der Waals surface area contributed by atoms with Gasteiger partial charge in [0.25, 0.3) is 0 Å². The molecule has 0 aliphatic heterocycles. The zero-order valence-electron chi connectivity index (χ0n) is 21.6. The summed E-state index contributed by atoms with van der Waals surface area (Å²) in [5, 5.41) is 2.14. The number of esters is 1. The smallest absolute Gasteiger partial charge is 0.343 e. The maximum absolute atomic E-state index is 13.4. The Hall–Kier alpha value is -3.07. The van der Waals surface area contributed by atoms with Gasteiger partial charge in [-0.05, 0) is 93.5 Å². The molecule has 0 N–H and O–H groups in total.